The molecule has 2 aliphatic rings. The Balaban J connectivity index is 2.03. The summed E-state index contributed by atoms with van der Waals surface area (Å²) in [5, 5.41) is 22.0. The highest BCUT2D eigenvalue weighted by molar-refractivity contribution is 7.12. The van der Waals surface area contributed by atoms with Gasteiger partial charge in [-0.05, 0) is 50.5 Å². The molecule has 1 aliphatic heterocycles. The number of nitrogens with two attached hydrogens (primary N) is 1. The van der Waals surface area contributed by atoms with Crippen molar-refractivity contribution in [3.63, 3.8) is 0 Å². The molecule has 9 heteroatoms. The quantitative estimate of drug-likeness (QED) is 0.501. The molecule has 2 aromatic rings. The van der Waals surface area contributed by atoms with Crippen molar-refractivity contribution in [1.29, 1.82) is 5.26 Å². The molecular weight excluding hydrogens is 436 g/mol. The van der Waals surface area contributed by atoms with Gasteiger partial charge in [0.1, 0.15) is 11.5 Å². The van der Waals surface area contributed by atoms with Crippen molar-refractivity contribution in [3.05, 3.63) is 77.4 Å². The Kier molecular flexibility index (Phi) is 5.33. The SMILES string of the molecule is Cc1cc(C2C(C#N)=C(N)N(c3ccc(Cl)cc3[N+](=O)[O-])C3=C2C(=O)CCC3)c(C)s1. The zero-order valence-electron chi connectivity index (χ0n) is 16.9. The highest BCUT2D eigenvalue weighted by atomic mass is 35.5. The summed E-state index contributed by atoms with van der Waals surface area (Å²) in [7, 11) is 0. The number of carbonyl (C=O) groups excluding carboxylic acids is 1. The van der Waals surface area contributed by atoms with Gasteiger partial charge in [-0.3, -0.25) is 19.8 Å². The van der Waals surface area contributed by atoms with E-state index < -0.39 is 10.8 Å². The highest BCUT2D eigenvalue weighted by Crippen LogP contribution is 2.49. The summed E-state index contributed by atoms with van der Waals surface area (Å²) in [4.78, 5) is 27.9. The third-order valence-electron chi connectivity index (χ3n) is 5.68. The van der Waals surface area contributed by atoms with Crippen LogP contribution in [-0.4, -0.2) is 10.7 Å². The van der Waals surface area contributed by atoms with Crippen LogP contribution in [0.5, 0.6) is 0 Å². The number of thiophene rings is 1. The number of allylic oxidation sites excluding steroid dienone is 3. The van der Waals surface area contributed by atoms with Crippen LogP contribution in [0.1, 0.15) is 40.5 Å². The van der Waals surface area contributed by atoms with Gasteiger partial charge in [0.25, 0.3) is 5.69 Å². The number of rotatable bonds is 3. The number of anilines is 1. The molecule has 0 radical (unpaired) electrons. The lowest BCUT2D eigenvalue weighted by Crippen LogP contribution is -2.39. The van der Waals surface area contributed by atoms with Crippen LogP contribution in [0.15, 0.2) is 46.9 Å². The predicted molar refractivity (Wildman–Crippen MR) is 120 cm³/mol. The molecule has 0 saturated heterocycles. The summed E-state index contributed by atoms with van der Waals surface area (Å²) >= 11 is 7.59. The lowest BCUT2D eigenvalue weighted by Gasteiger charge is -2.39. The second-order valence-electron chi connectivity index (χ2n) is 7.57. The Labute approximate surface area is 188 Å². The van der Waals surface area contributed by atoms with E-state index in [1.165, 1.54) is 23.1 Å². The van der Waals surface area contributed by atoms with E-state index in [1.54, 1.807) is 11.3 Å². The molecule has 1 unspecified atom stereocenters. The molecule has 158 valence electrons. The standard InChI is InChI=1S/C22H19ClN4O3S/c1-11-8-14(12(2)31-11)20-15(10-24)22(25)26(17-4-3-5-19(28)21(17)20)16-7-6-13(23)9-18(16)27(29)30/h6-9,20H,3-5,25H2,1-2H3. The van der Waals surface area contributed by atoms with Gasteiger partial charge in [0.05, 0.1) is 22.5 Å². The number of nitrogens with zero attached hydrogens (tertiary/aromatic N) is 3. The van der Waals surface area contributed by atoms with Crippen molar-refractivity contribution in [2.75, 3.05) is 4.90 Å². The van der Waals surface area contributed by atoms with E-state index in [0.717, 1.165) is 15.3 Å². The summed E-state index contributed by atoms with van der Waals surface area (Å²) in [6.07, 6.45) is 1.50. The predicted octanol–water partition coefficient (Wildman–Crippen LogP) is 5.23. The summed E-state index contributed by atoms with van der Waals surface area (Å²) in [6, 6.07) is 8.47. The summed E-state index contributed by atoms with van der Waals surface area (Å²) < 4.78 is 0. The first-order valence-corrected chi connectivity index (χ1v) is 10.9. The number of benzene rings is 1. The number of nitro groups is 1. The molecule has 2 heterocycles. The fourth-order valence-electron chi connectivity index (χ4n) is 4.44. The molecule has 4 rings (SSSR count). The van der Waals surface area contributed by atoms with E-state index in [0.29, 0.717) is 30.5 Å². The topological polar surface area (TPSA) is 113 Å². The second-order valence-corrected chi connectivity index (χ2v) is 9.47. The van der Waals surface area contributed by atoms with Crippen molar-refractivity contribution >= 4 is 40.1 Å². The molecule has 0 spiro atoms. The molecule has 1 atom stereocenters. The summed E-state index contributed by atoms with van der Waals surface area (Å²) in [5.74, 6) is -0.522. The first kappa shape index (κ1) is 21.1. The minimum Gasteiger partial charge on any atom is -0.384 e. The van der Waals surface area contributed by atoms with Crippen molar-refractivity contribution in [3.8, 4) is 6.07 Å². The molecule has 31 heavy (non-hydrogen) atoms. The first-order chi connectivity index (χ1) is 14.7. The van der Waals surface area contributed by atoms with Crippen LogP contribution in [0.4, 0.5) is 11.4 Å². The molecule has 0 amide bonds. The maximum Gasteiger partial charge on any atom is 0.294 e. The van der Waals surface area contributed by atoms with Crippen LogP contribution >= 0.6 is 22.9 Å². The summed E-state index contributed by atoms with van der Waals surface area (Å²) in [6.45, 7) is 3.94. The molecule has 1 aromatic heterocycles. The largest absolute Gasteiger partial charge is 0.384 e. The van der Waals surface area contributed by atoms with Crippen molar-refractivity contribution in [2.45, 2.75) is 39.0 Å². The van der Waals surface area contributed by atoms with Crippen LogP contribution in [0.25, 0.3) is 0 Å². The molecule has 0 fully saturated rings. The van der Waals surface area contributed by atoms with Gasteiger partial charge >= 0.3 is 0 Å². The number of hydrogen-bond acceptors (Lipinski definition) is 7. The number of hydrogen-bond donors (Lipinski definition) is 1. The van der Waals surface area contributed by atoms with Crippen molar-refractivity contribution in [1.82, 2.24) is 0 Å². The third kappa shape index (κ3) is 3.40. The number of nitro benzene ring substituents is 1. The first-order valence-electron chi connectivity index (χ1n) is 9.71. The molecule has 0 bridgehead atoms. The lowest BCUT2D eigenvalue weighted by molar-refractivity contribution is -0.384. The molecular formula is C22H19ClN4O3S. The Morgan fingerprint density at radius 1 is 1.32 bits per heavy atom. The average Bonchev–Trinajstić information content (AvgIpc) is 3.05. The van der Waals surface area contributed by atoms with Gasteiger partial charge < -0.3 is 5.73 Å². The zero-order chi connectivity index (χ0) is 22.4. The van der Waals surface area contributed by atoms with Crippen molar-refractivity contribution in [2.24, 2.45) is 5.73 Å². The Hall–Kier alpha value is -3.15. The van der Waals surface area contributed by atoms with Crippen LogP contribution in [0, 0.1) is 35.3 Å². The maximum absolute atomic E-state index is 13.1. The van der Waals surface area contributed by atoms with Gasteiger partial charge in [0.15, 0.2) is 5.78 Å². The van der Waals surface area contributed by atoms with Gasteiger partial charge in [-0.2, -0.15) is 5.26 Å². The number of halogens is 1. The zero-order valence-corrected chi connectivity index (χ0v) is 18.5. The van der Waals surface area contributed by atoms with Gasteiger partial charge in [-0.25, -0.2) is 0 Å². The Morgan fingerprint density at radius 2 is 2.06 bits per heavy atom. The minimum atomic E-state index is -0.569. The molecule has 1 aliphatic carbocycles. The van der Waals surface area contributed by atoms with Gasteiger partial charge in [0.2, 0.25) is 0 Å². The fourth-order valence-corrected chi connectivity index (χ4v) is 5.57. The van der Waals surface area contributed by atoms with E-state index in [4.69, 9.17) is 17.3 Å². The molecule has 7 nitrogen and oxygen atoms in total. The number of aryl methyl sites for hydroxylation is 2. The van der Waals surface area contributed by atoms with E-state index in [1.807, 2.05) is 19.9 Å². The fraction of sp³-hybridized carbons (Fsp3) is 0.273. The Morgan fingerprint density at radius 3 is 2.68 bits per heavy atom. The van der Waals surface area contributed by atoms with Gasteiger partial charge in [-0.15, -0.1) is 11.3 Å². The minimum absolute atomic E-state index is 0.0589. The monoisotopic (exact) mass is 454 g/mol. The van der Waals surface area contributed by atoms with Crippen LogP contribution in [0.3, 0.4) is 0 Å². The lowest BCUT2D eigenvalue weighted by atomic mass is 9.75. The van der Waals surface area contributed by atoms with Crippen LogP contribution in [0.2, 0.25) is 5.02 Å². The van der Waals surface area contributed by atoms with E-state index in [9.17, 15) is 20.2 Å². The van der Waals surface area contributed by atoms with Crippen LogP contribution in [-0.2, 0) is 4.79 Å². The third-order valence-corrected chi connectivity index (χ3v) is 6.90. The van der Waals surface area contributed by atoms with Crippen molar-refractivity contribution < 1.29 is 9.72 Å². The number of carbonyl (C=O) groups is 1. The second kappa shape index (κ2) is 7.84. The smallest absolute Gasteiger partial charge is 0.294 e. The van der Waals surface area contributed by atoms with Gasteiger partial charge in [-0.1, -0.05) is 11.6 Å². The number of Topliss-reactive ketones (excluding diaryl/α,β-unsaturated/α-hetero) is 1. The van der Waals surface area contributed by atoms with Crippen LogP contribution < -0.4 is 10.6 Å². The highest BCUT2D eigenvalue weighted by Gasteiger charge is 2.42. The number of ketones is 1. The number of nitriles is 1. The summed E-state index contributed by atoms with van der Waals surface area (Å²) in [5.41, 5.74) is 8.68. The Bertz CT molecular complexity index is 1240. The van der Waals surface area contributed by atoms with E-state index in [2.05, 4.69) is 6.07 Å². The van der Waals surface area contributed by atoms with E-state index >= 15 is 0 Å². The van der Waals surface area contributed by atoms with Gasteiger partial charge in [0, 0.05) is 38.5 Å². The molecule has 2 N–H and O–H groups in total. The average molecular weight is 455 g/mol. The normalized spacial score (nSPS) is 18.8. The molecule has 1 aromatic carbocycles. The molecule has 0 saturated carbocycles. The maximum atomic E-state index is 13.1. The van der Waals surface area contributed by atoms with E-state index in [-0.39, 0.29) is 33.6 Å².